The summed E-state index contributed by atoms with van der Waals surface area (Å²) in [4.78, 5) is 24.5. The lowest BCUT2D eigenvalue weighted by atomic mass is 9.91. The number of nitrogens with one attached hydrogen (secondary N) is 1. The fraction of sp³-hybridized carbons (Fsp3) is 0.222. The number of rotatable bonds is 7. The third-order valence-electron chi connectivity index (χ3n) is 5.64. The number of hydrogen-bond donors (Lipinski definition) is 1. The van der Waals surface area contributed by atoms with Crippen LogP contribution in [-0.2, 0) is 16.0 Å². The number of methoxy groups -OCH3 is 1. The Labute approximate surface area is 197 Å². The molecule has 0 radical (unpaired) electrons. The monoisotopic (exact) mass is 456 g/mol. The number of carbonyl (C=O) groups excluding carboxylic acids is 2. The first-order valence-electron chi connectivity index (χ1n) is 11.0. The van der Waals surface area contributed by atoms with E-state index >= 15 is 0 Å². The minimum absolute atomic E-state index is 0.170. The third kappa shape index (κ3) is 5.18. The molecule has 3 aromatic carbocycles. The van der Waals surface area contributed by atoms with Crippen molar-refractivity contribution in [2.24, 2.45) is 0 Å². The number of benzene rings is 3. The molecule has 0 aromatic heterocycles. The highest BCUT2D eigenvalue weighted by Crippen LogP contribution is 2.40. The van der Waals surface area contributed by atoms with Crippen molar-refractivity contribution in [3.05, 3.63) is 89.0 Å². The molecule has 7 nitrogen and oxygen atoms in total. The van der Waals surface area contributed by atoms with E-state index in [-0.39, 0.29) is 17.4 Å². The highest BCUT2D eigenvalue weighted by atomic mass is 16.5. The van der Waals surface area contributed by atoms with Crippen LogP contribution in [0.5, 0.6) is 17.2 Å². The maximum atomic E-state index is 12.4. The molecular weight excluding hydrogens is 432 g/mol. The molecule has 0 saturated carbocycles. The predicted octanol–water partition coefficient (Wildman–Crippen LogP) is 4.36. The van der Waals surface area contributed by atoms with Crippen LogP contribution >= 0.6 is 0 Å². The van der Waals surface area contributed by atoms with E-state index < -0.39 is 5.92 Å². The van der Waals surface area contributed by atoms with Gasteiger partial charge >= 0.3 is 5.97 Å². The van der Waals surface area contributed by atoms with Crippen molar-refractivity contribution < 1.29 is 23.8 Å². The molecule has 1 atom stereocenters. The van der Waals surface area contributed by atoms with Gasteiger partial charge in [0.25, 0.3) is 5.91 Å². The van der Waals surface area contributed by atoms with Gasteiger partial charge in [-0.25, -0.2) is 0 Å². The lowest BCUT2D eigenvalue weighted by Crippen LogP contribution is -2.25. The van der Waals surface area contributed by atoms with Gasteiger partial charge in [-0.15, -0.1) is 0 Å². The van der Waals surface area contributed by atoms with Crippen molar-refractivity contribution in [3.63, 3.8) is 0 Å². The van der Waals surface area contributed by atoms with Crippen LogP contribution in [-0.4, -0.2) is 32.1 Å². The number of amides is 1. The smallest absolute Gasteiger partial charge is 0.313 e. The highest BCUT2D eigenvalue weighted by molar-refractivity contribution is 5.94. The van der Waals surface area contributed by atoms with E-state index in [2.05, 4.69) is 11.4 Å². The molecule has 0 fully saturated rings. The molecule has 7 heteroatoms. The van der Waals surface area contributed by atoms with Crippen LogP contribution in [0.2, 0.25) is 0 Å². The van der Waals surface area contributed by atoms with Crippen molar-refractivity contribution >= 4 is 11.9 Å². The average molecular weight is 456 g/mol. The topological polar surface area (TPSA) is 97.7 Å². The molecule has 1 N–H and O–H groups in total. The number of nitriles is 1. The van der Waals surface area contributed by atoms with Crippen molar-refractivity contribution in [1.82, 2.24) is 5.32 Å². The Morgan fingerprint density at radius 3 is 2.59 bits per heavy atom. The summed E-state index contributed by atoms with van der Waals surface area (Å²) in [6.45, 7) is 0.903. The second kappa shape index (κ2) is 10.5. The van der Waals surface area contributed by atoms with E-state index in [0.717, 1.165) is 12.0 Å². The van der Waals surface area contributed by atoms with Crippen molar-refractivity contribution in [3.8, 4) is 23.3 Å². The van der Waals surface area contributed by atoms with Gasteiger partial charge in [0.2, 0.25) is 0 Å². The molecule has 0 spiro atoms. The van der Waals surface area contributed by atoms with Crippen LogP contribution < -0.4 is 14.8 Å². The number of nitrogens with zero attached hydrogens (tertiary/aromatic N) is 1. The Morgan fingerprint density at radius 2 is 1.88 bits per heavy atom. The summed E-state index contributed by atoms with van der Waals surface area (Å²) in [5, 5.41) is 12.5. The third-order valence-corrected chi connectivity index (χ3v) is 5.64. The molecule has 172 valence electrons. The largest absolute Gasteiger partial charge is 0.493 e. The second-order valence-electron chi connectivity index (χ2n) is 7.83. The molecule has 3 aromatic rings. The van der Waals surface area contributed by atoms with Gasteiger partial charge in [-0.2, -0.15) is 5.26 Å². The fourth-order valence-electron chi connectivity index (χ4n) is 3.84. The van der Waals surface area contributed by atoms with Crippen molar-refractivity contribution in [2.45, 2.75) is 18.8 Å². The molecule has 1 aliphatic rings. The van der Waals surface area contributed by atoms with Gasteiger partial charge in [0.1, 0.15) is 23.3 Å². The summed E-state index contributed by atoms with van der Waals surface area (Å²) >= 11 is 0. The zero-order chi connectivity index (χ0) is 23.9. The normalized spacial score (nSPS) is 14.2. The highest BCUT2D eigenvalue weighted by Gasteiger charge is 2.30. The number of carbonyl (C=O) groups is 2. The molecule has 1 heterocycles. The zero-order valence-electron chi connectivity index (χ0n) is 18.7. The van der Waals surface area contributed by atoms with E-state index in [9.17, 15) is 14.9 Å². The quantitative estimate of drug-likeness (QED) is 0.531. The summed E-state index contributed by atoms with van der Waals surface area (Å²) < 4.78 is 16.5. The molecule has 0 saturated heterocycles. The van der Waals surface area contributed by atoms with E-state index in [1.54, 1.807) is 36.4 Å². The molecule has 1 unspecified atom stereocenters. The van der Waals surface area contributed by atoms with Crippen LogP contribution in [0.25, 0.3) is 0 Å². The summed E-state index contributed by atoms with van der Waals surface area (Å²) in [7, 11) is 1.34. The second-order valence-corrected chi connectivity index (χ2v) is 7.83. The Balaban J connectivity index is 1.43. The summed E-state index contributed by atoms with van der Waals surface area (Å²) in [5.74, 6) is 0.264. The predicted molar refractivity (Wildman–Crippen MR) is 125 cm³/mol. The van der Waals surface area contributed by atoms with Crippen LogP contribution in [0.4, 0.5) is 0 Å². The van der Waals surface area contributed by atoms with Gasteiger partial charge in [0.05, 0.1) is 25.2 Å². The van der Waals surface area contributed by atoms with Crippen LogP contribution in [0.15, 0.2) is 66.7 Å². The van der Waals surface area contributed by atoms with Crippen molar-refractivity contribution in [1.29, 1.82) is 5.26 Å². The van der Waals surface area contributed by atoms with E-state index in [0.29, 0.717) is 47.9 Å². The maximum Gasteiger partial charge on any atom is 0.313 e. The first-order chi connectivity index (χ1) is 16.6. The molecule has 1 amide bonds. The molecule has 4 rings (SSSR count). The zero-order valence-corrected chi connectivity index (χ0v) is 18.7. The first kappa shape index (κ1) is 22.9. The SMILES string of the molecule is COC(=O)C1CCOc2cc(Oc3ccc(C(=O)NCCc4ccccc4)cc3)c(C#N)cc21. The minimum atomic E-state index is -0.477. The number of ether oxygens (including phenoxy) is 3. The van der Waals surface area contributed by atoms with Crippen LogP contribution in [0.1, 0.15) is 39.4 Å². The van der Waals surface area contributed by atoms with Gasteiger partial charge in [-0.1, -0.05) is 30.3 Å². The van der Waals surface area contributed by atoms with Gasteiger partial charge in [-0.05, 0) is 48.7 Å². The molecule has 0 bridgehead atoms. The Morgan fingerprint density at radius 1 is 1.12 bits per heavy atom. The lowest BCUT2D eigenvalue weighted by molar-refractivity contribution is -0.143. The van der Waals surface area contributed by atoms with Gasteiger partial charge in [0.15, 0.2) is 0 Å². The van der Waals surface area contributed by atoms with E-state index in [1.807, 2.05) is 30.3 Å². The van der Waals surface area contributed by atoms with E-state index in [1.165, 1.54) is 7.11 Å². The maximum absolute atomic E-state index is 12.4. The Bertz CT molecular complexity index is 1220. The van der Waals surface area contributed by atoms with Crippen molar-refractivity contribution in [2.75, 3.05) is 20.3 Å². The Hall–Kier alpha value is -4.31. The minimum Gasteiger partial charge on any atom is -0.493 e. The number of hydrogen-bond acceptors (Lipinski definition) is 6. The Kier molecular flexibility index (Phi) is 7.09. The van der Waals surface area contributed by atoms with E-state index in [4.69, 9.17) is 14.2 Å². The number of fused-ring (bicyclic) bond motifs is 1. The first-order valence-corrected chi connectivity index (χ1v) is 11.0. The summed E-state index contributed by atoms with van der Waals surface area (Å²) in [6, 6.07) is 22.0. The molecule has 34 heavy (non-hydrogen) atoms. The van der Waals surface area contributed by atoms with Gasteiger partial charge < -0.3 is 19.5 Å². The van der Waals surface area contributed by atoms with Gasteiger partial charge in [-0.3, -0.25) is 9.59 Å². The number of esters is 1. The summed E-state index contributed by atoms with van der Waals surface area (Å²) in [6.07, 6.45) is 1.24. The van der Waals surface area contributed by atoms with Crippen LogP contribution in [0.3, 0.4) is 0 Å². The molecular formula is C27H24N2O5. The molecule has 1 aliphatic heterocycles. The van der Waals surface area contributed by atoms with Crippen LogP contribution in [0, 0.1) is 11.3 Å². The fourth-order valence-corrected chi connectivity index (χ4v) is 3.84. The summed E-state index contributed by atoms with van der Waals surface area (Å²) in [5.41, 5.74) is 2.56. The molecule has 0 aliphatic carbocycles. The average Bonchev–Trinajstić information content (AvgIpc) is 2.88. The standard InChI is InChI=1S/C27H24N2O5/c1-32-27(31)22-12-14-33-25-16-24(20(17-28)15-23(22)25)34-21-9-7-19(8-10-21)26(30)29-13-11-18-5-3-2-4-6-18/h2-10,15-16,22H,11-14H2,1H3,(H,29,30). The lowest BCUT2D eigenvalue weighted by Gasteiger charge is -2.25. The van der Waals surface area contributed by atoms with Gasteiger partial charge in [0, 0.05) is 23.7 Å².